The molecule has 0 N–H and O–H groups in total. The lowest BCUT2D eigenvalue weighted by Crippen LogP contribution is -2.50. The van der Waals surface area contributed by atoms with E-state index in [1.54, 1.807) is 0 Å². The van der Waals surface area contributed by atoms with Gasteiger partial charge in [0.15, 0.2) is 0 Å². The molecule has 3 heterocycles. The molecule has 2 fully saturated rings. The molecular weight excluding hydrogens is 352 g/mol. The molecule has 1 unspecified atom stereocenters. The number of benzene rings is 1. The number of aryl methyl sites for hydroxylation is 1. The van der Waals surface area contributed by atoms with Crippen LogP contribution in [-0.4, -0.2) is 70.9 Å². The minimum atomic E-state index is 0.204. The molecule has 0 bridgehead atoms. The van der Waals surface area contributed by atoms with Gasteiger partial charge in [0.2, 0.25) is 5.91 Å². The summed E-state index contributed by atoms with van der Waals surface area (Å²) in [6.45, 7) is 9.43. The third-order valence-corrected chi connectivity index (χ3v) is 5.98. The van der Waals surface area contributed by atoms with Crippen molar-refractivity contribution in [1.82, 2.24) is 19.6 Å². The van der Waals surface area contributed by atoms with E-state index in [9.17, 15) is 4.79 Å². The van der Waals surface area contributed by atoms with Crippen molar-refractivity contribution >= 4 is 5.91 Å². The maximum Gasteiger partial charge on any atom is 0.227 e. The average molecular weight is 383 g/mol. The predicted octanol–water partition coefficient (Wildman–Crippen LogP) is 2.35. The number of hydrogen-bond donors (Lipinski definition) is 0. The van der Waals surface area contributed by atoms with Crippen LogP contribution in [0.4, 0.5) is 0 Å². The second-order valence-corrected chi connectivity index (χ2v) is 7.89. The van der Waals surface area contributed by atoms with Gasteiger partial charge in [-0.2, -0.15) is 5.10 Å². The first-order valence-electron chi connectivity index (χ1n) is 10.3. The minimum Gasteiger partial charge on any atom is -0.377 e. The molecule has 2 aliphatic rings. The molecule has 0 aliphatic carbocycles. The van der Waals surface area contributed by atoms with Crippen LogP contribution in [0.3, 0.4) is 0 Å². The normalized spacial score (nSPS) is 20.6. The van der Waals surface area contributed by atoms with Crippen LogP contribution >= 0.6 is 0 Å². The molecule has 1 aromatic carbocycles. The first-order valence-corrected chi connectivity index (χ1v) is 10.3. The molecule has 2 aromatic rings. The van der Waals surface area contributed by atoms with E-state index in [1.165, 1.54) is 12.8 Å². The number of aromatic nitrogens is 2. The Morgan fingerprint density at radius 1 is 1.14 bits per heavy atom. The predicted molar refractivity (Wildman–Crippen MR) is 109 cm³/mol. The highest BCUT2D eigenvalue weighted by Gasteiger charge is 2.26. The summed E-state index contributed by atoms with van der Waals surface area (Å²) in [6.07, 6.45) is 3.16. The number of carbonyl (C=O) groups excluding carboxylic acids is 1. The van der Waals surface area contributed by atoms with Crippen LogP contribution in [0, 0.1) is 13.8 Å². The molecule has 0 saturated carbocycles. The van der Waals surface area contributed by atoms with E-state index in [0.29, 0.717) is 12.5 Å². The Morgan fingerprint density at radius 2 is 1.89 bits per heavy atom. The van der Waals surface area contributed by atoms with Crippen LogP contribution in [-0.2, 0) is 16.0 Å². The van der Waals surface area contributed by atoms with Crippen LogP contribution in [0.25, 0.3) is 5.69 Å². The molecule has 28 heavy (non-hydrogen) atoms. The summed E-state index contributed by atoms with van der Waals surface area (Å²) in [7, 11) is 0. The molecular formula is C22H30N4O2. The molecule has 6 heteroatoms. The molecule has 2 aliphatic heterocycles. The van der Waals surface area contributed by atoms with Crippen LogP contribution in [0.2, 0.25) is 0 Å². The van der Waals surface area contributed by atoms with Gasteiger partial charge in [-0.15, -0.1) is 0 Å². The number of ether oxygens (including phenoxy) is 1. The highest BCUT2D eigenvalue weighted by molar-refractivity contribution is 5.79. The van der Waals surface area contributed by atoms with Crippen molar-refractivity contribution in [3.8, 4) is 5.69 Å². The third kappa shape index (κ3) is 4.13. The van der Waals surface area contributed by atoms with Crippen molar-refractivity contribution < 1.29 is 9.53 Å². The zero-order valence-electron chi connectivity index (χ0n) is 16.9. The van der Waals surface area contributed by atoms with Gasteiger partial charge >= 0.3 is 0 Å². The summed E-state index contributed by atoms with van der Waals surface area (Å²) < 4.78 is 7.68. The first kappa shape index (κ1) is 19.2. The highest BCUT2D eigenvalue weighted by atomic mass is 16.5. The van der Waals surface area contributed by atoms with Crippen molar-refractivity contribution in [2.24, 2.45) is 0 Å². The second-order valence-electron chi connectivity index (χ2n) is 7.89. The molecule has 1 aromatic heterocycles. The zero-order chi connectivity index (χ0) is 19.5. The van der Waals surface area contributed by atoms with E-state index in [-0.39, 0.29) is 5.91 Å². The fourth-order valence-electron chi connectivity index (χ4n) is 4.27. The Kier molecular flexibility index (Phi) is 5.78. The SMILES string of the molecule is Cc1nn(-c2ccccc2)c(C)c1CC(=O)N1CCN(CC2CCCO2)CC1. The molecule has 4 rings (SSSR count). The maximum absolute atomic E-state index is 12.9. The van der Waals surface area contributed by atoms with Crippen molar-refractivity contribution in [3.63, 3.8) is 0 Å². The summed E-state index contributed by atoms with van der Waals surface area (Å²) >= 11 is 0. The van der Waals surface area contributed by atoms with E-state index in [1.807, 2.05) is 46.8 Å². The van der Waals surface area contributed by atoms with Crippen molar-refractivity contribution in [1.29, 1.82) is 0 Å². The average Bonchev–Trinajstić information content (AvgIpc) is 3.32. The number of piperazine rings is 1. The molecule has 1 atom stereocenters. The molecule has 6 nitrogen and oxygen atoms in total. The molecule has 0 radical (unpaired) electrons. The van der Waals surface area contributed by atoms with E-state index in [4.69, 9.17) is 4.74 Å². The van der Waals surface area contributed by atoms with Gasteiger partial charge < -0.3 is 9.64 Å². The summed E-state index contributed by atoms with van der Waals surface area (Å²) in [5.74, 6) is 0.204. The monoisotopic (exact) mass is 382 g/mol. The quantitative estimate of drug-likeness (QED) is 0.797. The van der Waals surface area contributed by atoms with Crippen LogP contribution in [0.1, 0.15) is 29.8 Å². The Bertz CT molecular complexity index is 803. The standard InChI is InChI=1S/C22H30N4O2/c1-17-21(18(2)26(23-17)19-7-4-3-5-8-19)15-22(27)25-12-10-24(11-13-25)16-20-9-6-14-28-20/h3-5,7-8,20H,6,9-16H2,1-2H3. The number of para-hydroxylation sites is 1. The molecule has 150 valence electrons. The molecule has 2 saturated heterocycles. The van der Waals surface area contributed by atoms with Crippen LogP contribution in [0.5, 0.6) is 0 Å². The topological polar surface area (TPSA) is 50.6 Å². The van der Waals surface area contributed by atoms with Crippen LogP contribution < -0.4 is 0 Å². The zero-order valence-corrected chi connectivity index (χ0v) is 16.9. The van der Waals surface area contributed by atoms with Gasteiger partial charge in [0.05, 0.1) is 23.9 Å². The lowest BCUT2D eigenvalue weighted by atomic mass is 10.1. The number of nitrogens with zero attached hydrogens (tertiary/aromatic N) is 4. The summed E-state index contributed by atoms with van der Waals surface area (Å²) in [5.41, 5.74) is 4.07. The van der Waals surface area contributed by atoms with Gasteiger partial charge in [0, 0.05) is 50.6 Å². The van der Waals surface area contributed by atoms with Gasteiger partial charge in [-0.3, -0.25) is 9.69 Å². The Balaban J connectivity index is 1.36. The molecule has 0 spiro atoms. The summed E-state index contributed by atoms with van der Waals surface area (Å²) in [5, 5.41) is 4.67. The smallest absolute Gasteiger partial charge is 0.227 e. The van der Waals surface area contributed by atoms with E-state index < -0.39 is 0 Å². The van der Waals surface area contributed by atoms with E-state index >= 15 is 0 Å². The summed E-state index contributed by atoms with van der Waals surface area (Å²) in [4.78, 5) is 17.4. The van der Waals surface area contributed by atoms with Crippen LogP contribution in [0.15, 0.2) is 30.3 Å². The van der Waals surface area contributed by atoms with Crippen molar-refractivity contribution in [3.05, 3.63) is 47.3 Å². The lowest BCUT2D eigenvalue weighted by Gasteiger charge is -2.35. The Morgan fingerprint density at radius 3 is 2.57 bits per heavy atom. The number of hydrogen-bond acceptors (Lipinski definition) is 4. The van der Waals surface area contributed by atoms with Gasteiger partial charge in [-0.05, 0) is 38.8 Å². The Labute approximate surface area is 167 Å². The number of carbonyl (C=O) groups is 1. The first-order chi connectivity index (χ1) is 13.6. The van der Waals surface area contributed by atoms with E-state index in [2.05, 4.69) is 16.9 Å². The summed E-state index contributed by atoms with van der Waals surface area (Å²) in [6, 6.07) is 10.1. The third-order valence-electron chi connectivity index (χ3n) is 5.98. The fourth-order valence-corrected chi connectivity index (χ4v) is 4.27. The van der Waals surface area contributed by atoms with Crippen molar-refractivity contribution in [2.45, 2.75) is 39.2 Å². The molecule has 1 amide bonds. The second kappa shape index (κ2) is 8.45. The largest absolute Gasteiger partial charge is 0.377 e. The number of rotatable bonds is 5. The van der Waals surface area contributed by atoms with Crippen molar-refractivity contribution in [2.75, 3.05) is 39.3 Å². The lowest BCUT2D eigenvalue weighted by molar-refractivity contribution is -0.132. The van der Waals surface area contributed by atoms with E-state index in [0.717, 1.165) is 62.0 Å². The maximum atomic E-state index is 12.9. The number of amides is 1. The fraction of sp³-hybridized carbons (Fsp3) is 0.545. The van der Waals surface area contributed by atoms with Gasteiger partial charge in [0.25, 0.3) is 0 Å². The van der Waals surface area contributed by atoms with Gasteiger partial charge in [0.1, 0.15) is 0 Å². The van der Waals surface area contributed by atoms with Gasteiger partial charge in [-0.1, -0.05) is 18.2 Å². The van der Waals surface area contributed by atoms with Gasteiger partial charge in [-0.25, -0.2) is 4.68 Å². The minimum absolute atomic E-state index is 0.204. The highest BCUT2D eigenvalue weighted by Crippen LogP contribution is 2.20. The Hall–Kier alpha value is -2.18.